The molecule has 2 unspecified atom stereocenters. The molecule has 1 amide bonds. The van der Waals surface area contributed by atoms with Gasteiger partial charge in [-0.3, -0.25) is 9.69 Å². The van der Waals surface area contributed by atoms with Gasteiger partial charge >= 0.3 is 0 Å². The van der Waals surface area contributed by atoms with Crippen LogP contribution in [-0.4, -0.2) is 43.1 Å². The van der Waals surface area contributed by atoms with Gasteiger partial charge in [0, 0.05) is 20.6 Å². The van der Waals surface area contributed by atoms with Crippen molar-refractivity contribution in [3.05, 3.63) is 83.4 Å². The summed E-state index contributed by atoms with van der Waals surface area (Å²) in [5.41, 5.74) is 7.85. The minimum absolute atomic E-state index is 0.185. The van der Waals surface area contributed by atoms with Crippen LogP contribution in [0.25, 0.3) is 5.57 Å². The third-order valence-corrected chi connectivity index (χ3v) is 6.80. The molecule has 2 aromatic rings. The Morgan fingerprint density at radius 3 is 2.72 bits per heavy atom. The number of benzene rings is 2. The van der Waals surface area contributed by atoms with Crippen molar-refractivity contribution < 1.29 is 14.3 Å². The van der Waals surface area contributed by atoms with Gasteiger partial charge in [-0.15, -0.1) is 0 Å². The van der Waals surface area contributed by atoms with E-state index in [2.05, 4.69) is 18.2 Å². The molecule has 0 bridgehead atoms. The molecule has 32 heavy (non-hydrogen) atoms. The Morgan fingerprint density at radius 1 is 1.19 bits per heavy atom. The summed E-state index contributed by atoms with van der Waals surface area (Å²) in [4.78, 5) is 20.1. The lowest BCUT2D eigenvalue weighted by molar-refractivity contribution is -0.140. The molecule has 0 saturated heterocycles. The fraction of sp³-hybridized carbons (Fsp3) is 0.308. The molecule has 6 nitrogen and oxygen atoms in total. The third kappa shape index (κ3) is 2.90. The summed E-state index contributed by atoms with van der Waals surface area (Å²) in [6, 6.07) is 16.0. The maximum absolute atomic E-state index is 13.9. The van der Waals surface area contributed by atoms with E-state index >= 15 is 0 Å². The number of likely N-dealkylation sites (N-methyl/N-ethyl adjacent to an activating group) is 1. The first-order chi connectivity index (χ1) is 15.5. The summed E-state index contributed by atoms with van der Waals surface area (Å²) in [7, 11) is 3.30. The second kappa shape index (κ2) is 7.64. The zero-order valence-corrected chi connectivity index (χ0v) is 18.4. The minimum Gasteiger partial charge on any atom is -0.493 e. The topological polar surface area (TPSA) is 77.2 Å². The third-order valence-electron chi connectivity index (χ3n) is 6.80. The van der Waals surface area contributed by atoms with Crippen LogP contribution in [0.4, 0.5) is 0 Å². The van der Waals surface area contributed by atoms with Gasteiger partial charge in [0.15, 0.2) is 5.96 Å². The number of carbonyl (C=O) groups excluding carboxylic acids is 1. The number of fused-ring (bicyclic) bond motifs is 1. The quantitative estimate of drug-likeness (QED) is 0.808. The van der Waals surface area contributed by atoms with Crippen LogP contribution in [0.1, 0.15) is 29.5 Å². The number of hydrogen-bond donors (Lipinski definition) is 1. The standard InChI is InChI=1S/C26H27N3O3/c1-29-23(30)26(28-24(29)27,21-12-13-22-19(16-21)11-7-15-32-22)25(31-2)14-6-10-20(17-25)18-8-4-3-5-9-18/h3-6,8-10,12-14,16H,7,11,15,17H2,1-2H3,(H2,27,28). The Hall–Kier alpha value is -3.38. The van der Waals surface area contributed by atoms with Crippen LogP contribution < -0.4 is 10.5 Å². The number of rotatable bonds is 4. The van der Waals surface area contributed by atoms with E-state index in [1.807, 2.05) is 48.6 Å². The number of ether oxygens (including phenoxy) is 2. The number of amides is 1. The van der Waals surface area contributed by atoms with Crippen LogP contribution in [0, 0.1) is 0 Å². The predicted octanol–water partition coefficient (Wildman–Crippen LogP) is 3.42. The average Bonchev–Trinajstić information content (AvgIpc) is 3.09. The van der Waals surface area contributed by atoms with Crippen LogP contribution in [0.15, 0.2) is 71.8 Å². The minimum atomic E-state index is -1.34. The van der Waals surface area contributed by atoms with E-state index in [1.54, 1.807) is 14.2 Å². The van der Waals surface area contributed by atoms with Crippen LogP contribution >= 0.6 is 0 Å². The van der Waals surface area contributed by atoms with Crippen LogP contribution in [0.5, 0.6) is 5.75 Å². The molecule has 2 N–H and O–H groups in total. The van der Waals surface area contributed by atoms with Gasteiger partial charge in [-0.05, 0) is 53.3 Å². The highest BCUT2D eigenvalue weighted by molar-refractivity contribution is 6.08. The summed E-state index contributed by atoms with van der Waals surface area (Å²) in [5.74, 6) is 0.846. The number of aliphatic imine (C=N–C) groups is 1. The summed E-state index contributed by atoms with van der Waals surface area (Å²) >= 11 is 0. The molecule has 0 aromatic heterocycles. The summed E-state index contributed by atoms with van der Waals surface area (Å²) < 4.78 is 12.0. The highest BCUT2D eigenvalue weighted by Crippen LogP contribution is 2.51. The Labute approximate surface area is 188 Å². The molecule has 0 spiro atoms. The molecule has 2 aliphatic heterocycles. The fourth-order valence-corrected chi connectivity index (χ4v) is 5.04. The van der Waals surface area contributed by atoms with Crippen molar-refractivity contribution >= 4 is 17.4 Å². The summed E-state index contributed by atoms with van der Waals surface area (Å²) in [5, 5.41) is 0. The molecule has 164 valence electrons. The second-order valence-electron chi connectivity index (χ2n) is 8.51. The number of nitrogens with two attached hydrogens (primary N) is 1. The Kier molecular flexibility index (Phi) is 4.90. The van der Waals surface area contributed by atoms with Crippen molar-refractivity contribution in [2.45, 2.75) is 30.4 Å². The molecule has 2 aromatic carbocycles. The van der Waals surface area contributed by atoms with Crippen LogP contribution in [0.3, 0.4) is 0 Å². The average molecular weight is 430 g/mol. The lowest BCUT2D eigenvalue weighted by Crippen LogP contribution is -2.57. The van der Waals surface area contributed by atoms with Gasteiger partial charge in [0.25, 0.3) is 5.91 Å². The molecule has 0 fully saturated rings. The number of aryl methyl sites for hydroxylation is 1. The van der Waals surface area contributed by atoms with Gasteiger partial charge in [0.1, 0.15) is 11.4 Å². The molecule has 6 heteroatoms. The molecule has 3 aliphatic rings. The highest BCUT2D eigenvalue weighted by Gasteiger charge is 2.62. The van der Waals surface area contributed by atoms with Crippen LogP contribution in [0.2, 0.25) is 0 Å². The number of guanidine groups is 1. The lowest BCUT2D eigenvalue weighted by Gasteiger charge is -2.44. The van der Waals surface area contributed by atoms with E-state index < -0.39 is 11.1 Å². The SMILES string of the molecule is COC1(C2(c3ccc4c(c3)CCCO4)N=C(N)N(C)C2=O)C=CC=C(c2ccccc2)C1. The van der Waals surface area contributed by atoms with Crippen molar-refractivity contribution in [3.8, 4) is 5.75 Å². The molecule has 1 aliphatic carbocycles. The smallest absolute Gasteiger partial charge is 0.265 e. The van der Waals surface area contributed by atoms with E-state index in [4.69, 9.17) is 20.2 Å². The zero-order valence-electron chi connectivity index (χ0n) is 18.4. The molecule has 2 atom stereocenters. The molecular formula is C26H27N3O3. The molecule has 0 radical (unpaired) electrons. The number of nitrogens with zero attached hydrogens (tertiary/aromatic N) is 2. The fourth-order valence-electron chi connectivity index (χ4n) is 5.04. The Bertz CT molecular complexity index is 1150. The van der Waals surface area contributed by atoms with E-state index in [1.165, 1.54) is 4.90 Å². The second-order valence-corrected chi connectivity index (χ2v) is 8.51. The van der Waals surface area contributed by atoms with Crippen LogP contribution in [-0.2, 0) is 21.5 Å². The van der Waals surface area contributed by atoms with Gasteiger partial charge in [-0.2, -0.15) is 0 Å². The first-order valence-electron chi connectivity index (χ1n) is 10.9. The van der Waals surface area contributed by atoms with Crippen molar-refractivity contribution in [3.63, 3.8) is 0 Å². The van der Waals surface area contributed by atoms with Gasteiger partial charge in [-0.1, -0.05) is 48.6 Å². The number of allylic oxidation sites excluding steroid dienone is 2. The largest absolute Gasteiger partial charge is 0.493 e. The predicted molar refractivity (Wildman–Crippen MR) is 124 cm³/mol. The van der Waals surface area contributed by atoms with Gasteiger partial charge in [0.2, 0.25) is 5.54 Å². The Balaban J connectivity index is 1.69. The maximum Gasteiger partial charge on any atom is 0.265 e. The normalized spacial score (nSPS) is 26.9. The van der Waals surface area contributed by atoms with Crippen molar-refractivity contribution in [1.82, 2.24) is 4.90 Å². The summed E-state index contributed by atoms with van der Waals surface area (Å²) in [6.07, 6.45) is 8.29. The summed E-state index contributed by atoms with van der Waals surface area (Å²) in [6.45, 7) is 0.709. The van der Waals surface area contributed by atoms with E-state index in [0.717, 1.165) is 40.9 Å². The van der Waals surface area contributed by atoms with Gasteiger partial charge < -0.3 is 15.2 Å². The van der Waals surface area contributed by atoms with Crippen molar-refractivity contribution in [2.24, 2.45) is 10.7 Å². The molecular weight excluding hydrogens is 402 g/mol. The Morgan fingerprint density at radius 2 is 2.00 bits per heavy atom. The van der Waals surface area contributed by atoms with Gasteiger partial charge in [0.05, 0.1) is 6.61 Å². The first-order valence-corrected chi connectivity index (χ1v) is 10.9. The first kappa shape index (κ1) is 20.5. The van der Waals surface area contributed by atoms with Crippen molar-refractivity contribution in [1.29, 1.82) is 0 Å². The molecule has 5 rings (SSSR count). The highest BCUT2D eigenvalue weighted by atomic mass is 16.5. The van der Waals surface area contributed by atoms with E-state index in [0.29, 0.717) is 13.0 Å². The van der Waals surface area contributed by atoms with E-state index in [9.17, 15) is 4.79 Å². The number of carbonyl (C=O) groups is 1. The molecule has 0 saturated carbocycles. The monoisotopic (exact) mass is 429 g/mol. The maximum atomic E-state index is 13.9. The number of methoxy groups -OCH3 is 1. The number of hydrogen-bond acceptors (Lipinski definition) is 5. The van der Waals surface area contributed by atoms with Crippen molar-refractivity contribution in [2.75, 3.05) is 20.8 Å². The van der Waals surface area contributed by atoms with Gasteiger partial charge in [-0.25, -0.2) is 4.99 Å². The molecule has 2 heterocycles. The lowest BCUT2D eigenvalue weighted by atomic mass is 9.68. The zero-order chi connectivity index (χ0) is 22.3. The van der Waals surface area contributed by atoms with E-state index in [-0.39, 0.29) is 11.9 Å².